The summed E-state index contributed by atoms with van der Waals surface area (Å²) in [6, 6.07) is 19.8. The molecule has 4 rings (SSSR count). The standard InChI is InChI=1S/C24H19FN4O/c25-22-11-5-4-7-18(22)16-27-23(30)13-12-20-17-29(21-9-2-1-3-10-21)28-24(20)19-8-6-14-26-15-19/h1-15,17H,16H2,(H,27,30)/b13-12+. The van der Waals surface area contributed by atoms with Gasteiger partial charge in [-0.15, -0.1) is 0 Å². The maximum atomic E-state index is 13.7. The first-order chi connectivity index (χ1) is 14.7. The van der Waals surface area contributed by atoms with Gasteiger partial charge in [-0.1, -0.05) is 36.4 Å². The number of benzene rings is 2. The van der Waals surface area contributed by atoms with Crippen LogP contribution in [0.25, 0.3) is 23.0 Å². The average Bonchev–Trinajstić information content (AvgIpc) is 3.23. The number of nitrogens with one attached hydrogen (secondary N) is 1. The smallest absolute Gasteiger partial charge is 0.244 e. The van der Waals surface area contributed by atoms with Crippen molar-refractivity contribution in [3.63, 3.8) is 0 Å². The van der Waals surface area contributed by atoms with Gasteiger partial charge in [-0.3, -0.25) is 9.78 Å². The summed E-state index contributed by atoms with van der Waals surface area (Å²) in [7, 11) is 0. The number of hydrogen-bond acceptors (Lipinski definition) is 3. The van der Waals surface area contributed by atoms with E-state index in [-0.39, 0.29) is 18.3 Å². The van der Waals surface area contributed by atoms with E-state index < -0.39 is 0 Å². The van der Waals surface area contributed by atoms with Gasteiger partial charge in [-0.25, -0.2) is 9.07 Å². The van der Waals surface area contributed by atoms with E-state index >= 15 is 0 Å². The summed E-state index contributed by atoms with van der Waals surface area (Å²) in [5.74, 6) is -0.660. The summed E-state index contributed by atoms with van der Waals surface area (Å²) in [5.41, 5.74) is 3.68. The van der Waals surface area contributed by atoms with Crippen LogP contribution in [0.3, 0.4) is 0 Å². The van der Waals surface area contributed by atoms with E-state index in [0.29, 0.717) is 11.3 Å². The number of rotatable bonds is 6. The Balaban J connectivity index is 1.57. The van der Waals surface area contributed by atoms with Crippen LogP contribution in [0.1, 0.15) is 11.1 Å². The Morgan fingerprint density at radius 1 is 1.03 bits per heavy atom. The molecule has 0 aliphatic heterocycles. The molecule has 0 atom stereocenters. The Morgan fingerprint density at radius 3 is 2.60 bits per heavy atom. The molecule has 148 valence electrons. The van der Waals surface area contributed by atoms with Gasteiger partial charge in [0.2, 0.25) is 5.91 Å². The minimum Gasteiger partial charge on any atom is -0.348 e. The summed E-state index contributed by atoms with van der Waals surface area (Å²) in [4.78, 5) is 16.4. The number of nitrogens with zero attached hydrogens (tertiary/aromatic N) is 3. The zero-order chi connectivity index (χ0) is 20.8. The molecule has 4 aromatic rings. The number of carbonyl (C=O) groups is 1. The summed E-state index contributed by atoms with van der Waals surface area (Å²) in [6.07, 6.45) is 8.41. The highest BCUT2D eigenvalue weighted by atomic mass is 19.1. The van der Waals surface area contributed by atoms with Crippen LogP contribution < -0.4 is 5.32 Å². The largest absolute Gasteiger partial charge is 0.348 e. The molecular formula is C24H19FN4O. The Kier molecular flexibility index (Phi) is 5.75. The minimum absolute atomic E-state index is 0.120. The van der Waals surface area contributed by atoms with E-state index in [2.05, 4.69) is 15.4 Å². The van der Waals surface area contributed by atoms with Crippen molar-refractivity contribution in [2.24, 2.45) is 0 Å². The van der Waals surface area contributed by atoms with Gasteiger partial charge < -0.3 is 5.32 Å². The zero-order valence-corrected chi connectivity index (χ0v) is 16.1. The molecule has 6 heteroatoms. The molecule has 2 aromatic carbocycles. The maximum Gasteiger partial charge on any atom is 0.244 e. The van der Waals surface area contributed by atoms with Crippen molar-refractivity contribution in [3.8, 4) is 16.9 Å². The molecule has 0 saturated carbocycles. The molecular weight excluding hydrogens is 379 g/mol. The minimum atomic E-state index is -0.343. The molecule has 0 bridgehead atoms. The topological polar surface area (TPSA) is 59.8 Å². The Hall–Kier alpha value is -4.06. The second kappa shape index (κ2) is 8.96. The van der Waals surface area contributed by atoms with Crippen molar-refractivity contribution < 1.29 is 9.18 Å². The fourth-order valence-electron chi connectivity index (χ4n) is 3.00. The number of pyridine rings is 1. The summed E-state index contributed by atoms with van der Waals surface area (Å²) in [5, 5.41) is 7.38. The van der Waals surface area contributed by atoms with Crippen LogP contribution in [0.2, 0.25) is 0 Å². The normalized spacial score (nSPS) is 11.0. The number of hydrogen-bond donors (Lipinski definition) is 1. The van der Waals surface area contributed by atoms with Crippen LogP contribution in [0, 0.1) is 5.82 Å². The van der Waals surface area contributed by atoms with Gasteiger partial charge in [0.25, 0.3) is 0 Å². The highest BCUT2D eigenvalue weighted by Gasteiger charge is 2.11. The number of para-hydroxylation sites is 1. The fourth-order valence-corrected chi connectivity index (χ4v) is 3.00. The molecule has 1 amide bonds. The Morgan fingerprint density at radius 2 is 1.83 bits per heavy atom. The first kappa shape index (κ1) is 19.3. The highest BCUT2D eigenvalue weighted by molar-refractivity contribution is 5.92. The maximum absolute atomic E-state index is 13.7. The van der Waals surface area contributed by atoms with Crippen molar-refractivity contribution in [2.75, 3.05) is 0 Å². The van der Waals surface area contributed by atoms with Crippen LogP contribution in [-0.4, -0.2) is 20.7 Å². The van der Waals surface area contributed by atoms with Crippen molar-refractivity contribution in [1.29, 1.82) is 0 Å². The highest BCUT2D eigenvalue weighted by Crippen LogP contribution is 2.24. The molecule has 2 heterocycles. The lowest BCUT2D eigenvalue weighted by atomic mass is 10.1. The predicted octanol–water partition coefficient (Wildman–Crippen LogP) is 4.40. The summed E-state index contributed by atoms with van der Waals surface area (Å²) >= 11 is 0. The second-order valence-electron chi connectivity index (χ2n) is 6.60. The molecule has 0 spiro atoms. The van der Waals surface area contributed by atoms with Crippen molar-refractivity contribution >= 4 is 12.0 Å². The fraction of sp³-hybridized carbons (Fsp3) is 0.0417. The number of halogens is 1. The van der Waals surface area contributed by atoms with E-state index in [1.807, 2.05) is 48.7 Å². The van der Waals surface area contributed by atoms with Gasteiger partial charge in [-0.2, -0.15) is 5.10 Å². The molecule has 2 aromatic heterocycles. The second-order valence-corrected chi connectivity index (χ2v) is 6.60. The van der Waals surface area contributed by atoms with Crippen LogP contribution in [0.15, 0.2) is 91.4 Å². The van der Waals surface area contributed by atoms with E-state index in [9.17, 15) is 9.18 Å². The summed E-state index contributed by atoms with van der Waals surface area (Å²) < 4.78 is 15.5. The molecule has 0 radical (unpaired) electrons. The lowest BCUT2D eigenvalue weighted by Gasteiger charge is -2.03. The lowest BCUT2D eigenvalue weighted by molar-refractivity contribution is -0.116. The molecule has 5 nitrogen and oxygen atoms in total. The van der Waals surface area contributed by atoms with Gasteiger partial charge in [0, 0.05) is 47.9 Å². The van der Waals surface area contributed by atoms with E-state index in [0.717, 1.165) is 16.8 Å². The predicted molar refractivity (Wildman–Crippen MR) is 114 cm³/mol. The molecule has 0 fully saturated rings. The van der Waals surface area contributed by atoms with E-state index in [4.69, 9.17) is 0 Å². The van der Waals surface area contributed by atoms with Gasteiger partial charge in [0.05, 0.1) is 5.69 Å². The third-order valence-corrected chi connectivity index (χ3v) is 4.52. The molecule has 0 saturated heterocycles. The molecule has 0 unspecified atom stereocenters. The summed E-state index contributed by atoms with van der Waals surface area (Å²) in [6.45, 7) is 0.120. The number of aromatic nitrogens is 3. The number of amides is 1. The third kappa shape index (κ3) is 4.50. The molecule has 1 N–H and O–H groups in total. The van der Waals surface area contributed by atoms with Crippen molar-refractivity contribution in [3.05, 3.63) is 108 Å². The Labute approximate surface area is 173 Å². The average molecular weight is 398 g/mol. The first-order valence-electron chi connectivity index (χ1n) is 9.45. The van der Waals surface area contributed by atoms with E-state index in [1.165, 1.54) is 12.1 Å². The Bertz CT molecular complexity index is 1170. The monoisotopic (exact) mass is 398 g/mol. The van der Waals surface area contributed by atoms with Gasteiger partial charge in [0.15, 0.2) is 0 Å². The van der Waals surface area contributed by atoms with Gasteiger partial charge in [0.1, 0.15) is 11.5 Å². The van der Waals surface area contributed by atoms with Crippen LogP contribution >= 0.6 is 0 Å². The first-order valence-corrected chi connectivity index (χ1v) is 9.45. The molecule has 30 heavy (non-hydrogen) atoms. The lowest BCUT2D eigenvalue weighted by Crippen LogP contribution is -2.20. The molecule has 0 aliphatic carbocycles. The van der Waals surface area contributed by atoms with Crippen molar-refractivity contribution in [1.82, 2.24) is 20.1 Å². The molecule has 0 aliphatic rings. The van der Waals surface area contributed by atoms with Crippen LogP contribution in [0.4, 0.5) is 4.39 Å². The van der Waals surface area contributed by atoms with Gasteiger partial charge >= 0.3 is 0 Å². The quantitative estimate of drug-likeness (QED) is 0.490. The van der Waals surface area contributed by atoms with Gasteiger partial charge in [-0.05, 0) is 36.4 Å². The van der Waals surface area contributed by atoms with Crippen LogP contribution in [0.5, 0.6) is 0 Å². The van der Waals surface area contributed by atoms with Crippen molar-refractivity contribution in [2.45, 2.75) is 6.54 Å². The van der Waals surface area contributed by atoms with E-state index in [1.54, 1.807) is 41.4 Å². The zero-order valence-electron chi connectivity index (χ0n) is 16.1. The number of carbonyl (C=O) groups excluding carboxylic acids is 1. The third-order valence-electron chi connectivity index (χ3n) is 4.52. The SMILES string of the molecule is O=C(/C=C/c1cn(-c2ccccc2)nc1-c1cccnc1)NCc1ccccc1F. The van der Waals surface area contributed by atoms with Crippen LogP contribution in [-0.2, 0) is 11.3 Å².